The highest BCUT2D eigenvalue weighted by Crippen LogP contribution is 2.33. The van der Waals surface area contributed by atoms with E-state index < -0.39 is 20.5 Å². The summed E-state index contributed by atoms with van der Waals surface area (Å²) >= 11 is 0. The SMILES string of the molecule is Cl.NC[C@@H]1CN(C(=O)c2ccc(S(=O)(=O)C(F)F)cc2)C[C@H]1c1ccccc1. The first-order valence-electron chi connectivity index (χ1n) is 8.51. The number of amides is 1. The lowest BCUT2D eigenvalue weighted by atomic mass is 9.89. The summed E-state index contributed by atoms with van der Waals surface area (Å²) in [5.41, 5.74) is 7.25. The number of carbonyl (C=O) groups is 1. The van der Waals surface area contributed by atoms with Crippen LogP contribution in [0.25, 0.3) is 0 Å². The van der Waals surface area contributed by atoms with Crippen molar-refractivity contribution in [2.75, 3.05) is 19.6 Å². The Balaban J connectivity index is 0.00000280. The zero-order valence-electron chi connectivity index (χ0n) is 14.9. The first kappa shape index (κ1) is 22.3. The molecule has 0 unspecified atom stereocenters. The Hall–Kier alpha value is -2.03. The number of alkyl halides is 2. The number of likely N-dealkylation sites (tertiary alicyclic amines) is 1. The van der Waals surface area contributed by atoms with Crippen molar-refractivity contribution in [3.63, 3.8) is 0 Å². The minimum Gasteiger partial charge on any atom is -0.338 e. The average molecular weight is 431 g/mol. The number of rotatable bonds is 5. The van der Waals surface area contributed by atoms with Crippen LogP contribution in [0.5, 0.6) is 0 Å². The molecule has 2 aromatic carbocycles. The predicted molar refractivity (Wildman–Crippen MR) is 105 cm³/mol. The molecule has 2 N–H and O–H groups in total. The maximum atomic E-state index is 12.8. The van der Waals surface area contributed by atoms with Crippen molar-refractivity contribution in [3.8, 4) is 0 Å². The number of nitrogens with two attached hydrogens (primary N) is 1. The van der Waals surface area contributed by atoms with Gasteiger partial charge in [0.25, 0.3) is 5.91 Å². The zero-order chi connectivity index (χ0) is 19.6. The molecule has 1 aliphatic heterocycles. The molecule has 3 rings (SSSR count). The highest BCUT2D eigenvalue weighted by Gasteiger charge is 2.35. The third-order valence-corrected chi connectivity index (χ3v) is 6.32. The predicted octanol–water partition coefficient (Wildman–Crippen LogP) is 2.92. The second-order valence-corrected chi connectivity index (χ2v) is 8.47. The summed E-state index contributed by atoms with van der Waals surface area (Å²) in [7, 11) is -4.67. The molecule has 5 nitrogen and oxygen atoms in total. The molecule has 0 aromatic heterocycles. The summed E-state index contributed by atoms with van der Waals surface area (Å²) in [6.45, 7) is 1.43. The normalized spacial score (nSPS) is 19.5. The van der Waals surface area contributed by atoms with Gasteiger partial charge in [-0.1, -0.05) is 30.3 Å². The van der Waals surface area contributed by atoms with Crippen LogP contribution < -0.4 is 5.73 Å². The highest BCUT2D eigenvalue weighted by molar-refractivity contribution is 7.91. The second kappa shape index (κ2) is 8.98. The summed E-state index contributed by atoms with van der Waals surface area (Å²) in [6, 6.07) is 14.4. The van der Waals surface area contributed by atoms with Gasteiger partial charge in [-0.25, -0.2) is 8.42 Å². The minimum absolute atomic E-state index is 0. The highest BCUT2D eigenvalue weighted by atomic mass is 35.5. The lowest BCUT2D eigenvalue weighted by Gasteiger charge is -2.17. The molecule has 1 aliphatic rings. The van der Waals surface area contributed by atoms with E-state index in [9.17, 15) is 22.0 Å². The molecule has 0 bridgehead atoms. The zero-order valence-corrected chi connectivity index (χ0v) is 16.5. The number of benzene rings is 2. The lowest BCUT2D eigenvalue weighted by molar-refractivity contribution is 0.0786. The summed E-state index contributed by atoms with van der Waals surface area (Å²) in [5, 5.41) is 0. The molecule has 152 valence electrons. The van der Waals surface area contributed by atoms with Crippen LogP contribution in [-0.2, 0) is 9.84 Å². The van der Waals surface area contributed by atoms with Gasteiger partial charge in [0, 0.05) is 24.6 Å². The van der Waals surface area contributed by atoms with E-state index in [-0.39, 0.29) is 35.7 Å². The van der Waals surface area contributed by atoms with E-state index in [1.807, 2.05) is 30.3 Å². The van der Waals surface area contributed by atoms with E-state index in [0.717, 1.165) is 17.7 Å². The molecule has 0 radical (unpaired) electrons. The molecule has 2 aromatic rings. The summed E-state index contributed by atoms with van der Waals surface area (Å²) in [4.78, 5) is 13.9. The Bertz CT molecular complexity index is 909. The van der Waals surface area contributed by atoms with Crippen LogP contribution in [-0.4, -0.2) is 44.6 Å². The van der Waals surface area contributed by atoms with Gasteiger partial charge >= 0.3 is 5.76 Å². The van der Waals surface area contributed by atoms with Crippen LogP contribution in [0.4, 0.5) is 8.78 Å². The Morgan fingerprint density at radius 1 is 1.07 bits per heavy atom. The molecular formula is C19H21ClF2N2O3S. The Kier molecular flexibility index (Phi) is 7.14. The molecule has 1 amide bonds. The molecule has 1 saturated heterocycles. The molecule has 1 fully saturated rings. The monoisotopic (exact) mass is 430 g/mol. The van der Waals surface area contributed by atoms with Gasteiger partial charge in [0.2, 0.25) is 9.84 Å². The lowest BCUT2D eigenvalue weighted by Crippen LogP contribution is -2.29. The minimum atomic E-state index is -4.67. The first-order chi connectivity index (χ1) is 12.8. The summed E-state index contributed by atoms with van der Waals surface area (Å²) in [6.07, 6.45) is 0. The quantitative estimate of drug-likeness (QED) is 0.790. The van der Waals surface area contributed by atoms with Gasteiger partial charge < -0.3 is 10.6 Å². The summed E-state index contributed by atoms with van der Waals surface area (Å²) < 4.78 is 48.2. The fourth-order valence-corrected chi connectivity index (χ4v) is 4.15. The van der Waals surface area contributed by atoms with Crippen LogP contribution in [0.3, 0.4) is 0 Å². The average Bonchev–Trinajstić information content (AvgIpc) is 3.12. The van der Waals surface area contributed by atoms with Crippen molar-refractivity contribution in [1.82, 2.24) is 4.90 Å². The van der Waals surface area contributed by atoms with E-state index >= 15 is 0 Å². The van der Waals surface area contributed by atoms with Crippen LogP contribution in [0.1, 0.15) is 21.8 Å². The maximum absolute atomic E-state index is 12.8. The van der Waals surface area contributed by atoms with Crippen LogP contribution in [0, 0.1) is 5.92 Å². The topological polar surface area (TPSA) is 80.5 Å². The van der Waals surface area contributed by atoms with E-state index in [4.69, 9.17) is 5.73 Å². The van der Waals surface area contributed by atoms with E-state index in [1.165, 1.54) is 12.1 Å². The van der Waals surface area contributed by atoms with Crippen LogP contribution in [0.2, 0.25) is 0 Å². The van der Waals surface area contributed by atoms with Gasteiger partial charge in [-0.05, 0) is 42.3 Å². The van der Waals surface area contributed by atoms with Gasteiger partial charge in [-0.2, -0.15) is 8.78 Å². The smallest absolute Gasteiger partial charge is 0.338 e. The van der Waals surface area contributed by atoms with E-state index in [1.54, 1.807) is 4.90 Å². The molecular weight excluding hydrogens is 410 g/mol. The van der Waals surface area contributed by atoms with Crippen LogP contribution in [0.15, 0.2) is 59.5 Å². The maximum Gasteiger partial charge on any atom is 0.341 e. The molecule has 2 atom stereocenters. The number of nitrogens with zero attached hydrogens (tertiary/aromatic N) is 1. The fraction of sp³-hybridized carbons (Fsp3) is 0.316. The van der Waals surface area contributed by atoms with Gasteiger partial charge in [0.05, 0.1) is 4.90 Å². The van der Waals surface area contributed by atoms with Crippen molar-refractivity contribution < 1.29 is 22.0 Å². The summed E-state index contributed by atoms with van der Waals surface area (Å²) in [5.74, 6) is -3.52. The Labute approximate surface area is 168 Å². The Morgan fingerprint density at radius 3 is 2.21 bits per heavy atom. The molecule has 28 heavy (non-hydrogen) atoms. The molecule has 0 saturated carbocycles. The number of carbonyl (C=O) groups excluding carboxylic acids is 1. The van der Waals surface area contributed by atoms with Gasteiger partial charge in [-0.3, -0.25) is 4.79 Å². The molecule has 0 spiro atoms. The van der Waals surface area contributed by atoms with E-state index in [0.29, 0.717) is 19.6 Å². The molecule has 1 heterocycles. The van der Waals surface area contributed by atoms with Crippen molar-refractivity contribution in [2.24, 2.45) is 11.7 Å². The van der Waals surface area contributed by atoms with Crippen LogP contribution >= 0.6 is 12.4 Å². The van der Waals surface area contributed by atoms with Crippen molar-refractivity contribution >= 4 is 28.2 Å². The van der Waals surface area contributed by atoms with Gasteiger partial charge in [0.15, 0.2) is 0 Å². The number of hydrogen-bond donors (Lipinski definition) is 1. The van der Waals surface area contributed by atoms with Crippen molar-refractivity contribution in [3.05, 3.63) is 65.7 Å². The largest absolute Gasteiger partial charge is 0.341 e. The van der Waals surface area contributed by atoms with Gasteiger partial charge in [-0.15, -0.1) is 12.4 Å². The number of hydrogen-bond acceptors (Lipinski definition) is 4. The third-order valence-electron chi connectivity index (χ3n) is 4.92. The standard InChI is InChI=1S/C19H20F2N2O3S.ClH/c20-19(21)27(25,26)16-8-6-14(7-9-16)18(24)23-11-15(10-22)17(12-23)13-4-2-1-3-5-13;/h1-9,15,17,19H,10-12,22H2;1H/t15-,17+;/m1./s1. The number of halogens is 3. The van der Waals surface area contributed by atoms with Crippen molar-refractivity contribution in [2.45, 2.75) is 16.6 Å². The first-order valence-corrected chi connectivity index (χ1v) is 10.1. The second-order valence-electron chi connectivity index (χ2n) is 6.55. The van der Waals surface area contributed by atoms with Gasteiger partial charge in [0.1, 0.15) is 0 Å². The van der Waals surface area contributed by atoms with Crippen molar-refractivity contribution in [1.29, 1.82) is 0 Å². The fourth-order valence-electron chi connectivity index (χ4n) is 3.43. The number of sulfone groups is 1. The van der Waals surface area contributed by atoms with E-state index in [2.05, 4.69) is 0 Å². The molecule has 0 aliphatic carbocycles. The third kappa shape index (κ3) is 4.34. The Morgan fingerprint density at radius 2 is 1.68 bits per heavy atom. The molecule has 9 heteroatoms.